The molecule has 3 nitrogen and oxygen atoms in total. The standard InChI is InChI=1S/C14H19N3S/c1-3-4-10-13(12-8-6-5-7-9-12)15-14-17-16-11(2)18-14/h5-9,13H,3-4,10H2,1-2H3,(H,15,17). The minimum atomic E-state index is 0.332. The molecule has 1 N–H and O–H groups in total. The topological polar surface area (TPSA) is 37.8 Å². The normalized spacial score (nSPS) is 12.3. The molecule has 0 aliphatic carbocycles. The van der Waals surface area contributed by atoms with Crippen LogP contribution in [0.4, 0.5) is 5.13 Å². The van der Waals surface area contributed by atoms with E-state index in [1.165, 1.54) is 18.4 Å². The first-order valence-electron chi connectivity index (χ1n) is 6.41. The monoisotopic (exact) mass is 261 g/mol. The minimum absolute atomic E-state index is 0.332. The smallest absolute Gasteiger partial charge is 0.206 e. The van der Waals surface area contributed by atoms with Gasteiger partial charge in [-0.3, -0.25) is 0 Å². The van der Waals surface area contributed by atoms with E-state index >= 15 is 0 Å². The van der Waals surface area contributed by atoms with Crippen LogP contribution in [0.5, 0.6) is 0 Å². The van der Waals surface area contributed by atoms with Gasteiger partial charge in [-0.15, -0.1) is 10.2 Å². The van der Waals surface area contributed by atoms with Crippen LogP contribution in [0.3, 0.4) is 0 Å². The number of nitrogens with one attached hydrogen (secondary N) is 1. The Morgan fingerprint density at radius 1 is 1.22 bits per heavy atom. The fourth-order valence-corrected chi connectivity index (χ4v) is 2.56. The molecule has 1 aromatic heterocycles. The van der Waals surface area contributed by atoms with Gasteiger partial charge >= 0.3 is 0 Å². The highest BCUT2D eigenvalue weighted by Crippen LogP contribution is 2.26. The van der Waals surface area contributed by atoms with Crippen LogP contribution in [0.25, 0.3) is 0 Å². The molecule has 2 aromatic rings. The Labute approximate surface area is 112 Å². The molecule has 0 fully saturated rings. The molecule has 0 aliphatic rings. The quantitative estimate of drug-likeness (QED) is 0.847. The first kappa shape index (κ1) is 13.0. The van der Waals surface area contributed by atoms with Crippen molar-refractivity contribution in [3.63, 3.8) is 0 Å². The molecule has 96 valence electrons. The lowest BCUT2D eigenvalue weighted by molar-refractivity contribution is 0.633. The van der Waals surface area contributed by atoms with Crippen LogP contribution < -0.4 is 5.32 Å². The number of anilines is 1. The van der Waals surface area contributed by atoms with Crippen molar-refractivity contribution in [2.24, 2.45) is 0 Å². The number of hydrogen-bond acceptors (Lipinski definition) is 4. The van der Waals surface area contributed by atoms with Gasteiger partial charge in [0, 0.05) is 0 Å². The first-order chi connectivity index (χ1) is 8.79. The predicted octanol–water partition coefficient (Wildman–Crippen LogP) is 4.19. The summed E-state index contributed by atoms with van der Waals surface area (Å²) >= 11 is 1.61. The van der Waals surface area contributed by atoms with Crippen molar-refractivity contribution in [3.8, 4) is 0 Å². The van der Waals surface area contributed by atoms with E-state index in [1.54, 1.807) is 11.3 Å². The summed E-state index contributed by atoms with van der Waals surface area (Å²) in [5.74, 6) is 0. The van der Waals surface area contributed by atoms with E-state index in [4.69, 9.17) is 0 Å². The number of benzene rings is 1. The zero-order valence-electron chi connectivity index (χ0n) is 10.9. The van der Waals surface area contributed by atoms with E-state index in [1.807, 2.05) is 6.92 Å². The summed E-state index contributed by atoms with van der Waals surface area (Å²) in [4.78, 5) is 0. The minimum Gasteiger partial charge on any atom is -0.353 e. The lowest BCUT2D eigenvalue weighted by Crippen LogP contribution is -2.10. The summed E-state index contributed by atoms with van der Waals surface area (Å²) in [7, 11) is 0. The van der Waals surface area contributed by atoms with Crippen LogP contribution in [0.2, 0.25) is 0 Å². The van der Waals surface area contributed by atoms with Crippen molar-refractivity contribution >= 4 is 16.5 Å². The molecule has 1 unspecified atom stereocenters. The zero-order valence-corrected chi connectivity index (χ0v) is 11.7. The number of nitrogens with zero attached hydrogens (tertiary/aromatic N) is 2. The Morgan fingerprint density at radius 2 is 2.00 bits per heavy atom. The maximum absolute atomic E-state index is 4.15. The highest BCUT2D eigenvalue weighted by atomic mass is 32.1. The highest BCUT2D eigenvalue weighted by Gasteiger charge is 2.12. The van der Waals surface area contributed by atoms with Gasteiger partial charge in [0.25, 0.3) is 0 Å². The molecule has 0 bridgehead atoms. The molecule has 1 aromatic carbocycles. The Morgan fingerprint density at radius 3 is 2.61 bits per heavy atom. The lowest BCUT2D eigenvalue weighted by atomic mass is 10.0. The Bertz CT molecular complexity index is 467. The summed E-state index contributed by atoms with van der Waals surface area (Å²) in [6, 6.07) is 10.9. The Balaban J connectivity index is 2.10. The largest absolute Gasteiger partial charge is 0.353 e. The van der Waals surface area contributed by atoms with Crippen molar-refractivity contribution in [2.75, 3.05) is 5.32 Å². The molecule has 2 rings (SSSR count). The van der Waals surface area contributed by atoms with E-state index in [-0.39, 0.29) is 0 Å². The number of unbranched alkanes of at least 4 members (excludes halogenated alkanes) is 1. The van der Waals surface area contributed by atoms with Gasteiger partial charge < -0.3 is 5.32 Å². The van der Waals surface area contributed by atoms with E-state index in [0.29, 0.717) is 6.04 Å². The Kier molecular flexibility index (Phi) is 4.70. The molecule has 0 aliphatic heterocycles. The SMILES string of the molecule is CCCCC(Nc1nnc(C)s1)c1ccccc1. The van der Waals surface area contributed by atoms with Gasteiger partial charge in [-0.2, -0.15) is 0 Å². The molecule has 0 saturated carbocycles. The van der Waals surface area contributed by atoms with Crippen molar-refractivity contribution < 1.29 is 0 Å². The second-order valence-electron chi connectivity index (χ2n) is 4.38. The number of aryl methyl sites for hydroxylation is 1. The van der Waals surface area contributed by atoms with Crippen molar-refractivity contribution in [1.29, 1.82) is 0 Å². The highest BCUT2D eigenvalue weighted by molar-refractivity contribution is 7.15. The molecule has 18 heavy (non-hydrogen) atoms. The third kappa shape index (κ3) is 3.53. The molecular weight excluding hydrogens is 242 g/mol. The second-order valence-corrected chi connectivity index (χ2v) is 5.56. The number of rotatable bonds is 6. The van der Waals surface area contributed by atoms with Crippen LogP contribution >= 0.6 is 11.3 Å². The molecule has 1 heterocycles. The van der Waals surface area contributed by atoms with Crippen molar-refractivity contribution in [2.45, 2.75) is 39.2 Å². The zero-order chi connectivity index (χ0) is 12.8. The van der Waals surface area contributed by atoms with E-state index < -0.39 is 0 Å². The van der Waals surface area contributed by atoms with Crippen LogP contribution in [-0.2, 0) is 0 Å². The van der Waals surface area contributed by atoms with E-state index in [9.17, 15) is 0 Å². The number of hydrogen-bond donors (Lipinski definition) is 1. The average Bonchev–Trinajstić information content (AvgIpc) is 2.81. The summed E-state index contributed by atoms with van der Waals surface area (Å²) in [5.41, 5.74) is 1.32. The molecular formula is C14H19N3S. The molecule has 0 saturated heterocycles. The van der Waals surface area contributed by atoms with Gasteiger partial charge in [0.15, 0.2) is 0 Å². The van der Waals surface area contributed by atoms with Crippen molar-refractivity contribution in [3.05, 3.63) is 40.9 Å². The maximum Gasteiger partial charge on any atom is 0.206 e. The summed E-state index contributed by atoms with van der Waals surface area (Å²) < 4.78 is 0. The van der Waals surface area contributed by atoms with Gasteiger partial charge in [0.05, 0.1) is 6.04 Å². The molecule has 0 spiro atoms. The van der Waals surface area contributed by atoms with Crippen LogP contribution in [0.15, 0.2) is 30.3 Å². The van der Waals surface area contributed by atoms with Crippen LogP contribution in [0.1, 0.15) is 42.8 Å². The van der Waals surface area contributed by atoms with Gasteiger partial charge in [0.2, 0.25) is 5.13 Å². The van der Waals surface area contributed by atoms with Crippen LogP contribution in [0, 0.1) is 6.92 Å². The van der Waals surface area contributed by atoms with E-state index in [0.717, 1.165) is 16.6 Å². The number of aromatic nitrogens is 2. The van der Waals surface area contributed by atoms with Crippen molar-refractivity contribution in [1.82, 2.24) is 10.2 Å². The third-order valence-corrected chi connectivity index (χ3v) is 3.64. The third-order valence-electron chi connectivity index (χ3n) is 2.87. The molecule has 4 heteroatoms. The van der Waals surface area contributed by atoms with Gasteiger partial charge in [-0.05, 0) is 18.9 Å². The first-order valence-corrected chi connectivity index (χ1v) is 7.23. The second kappa shape index (κ2) is 6.50. The molecule has 0 radical (unpaired) electrons. The Hall–Kier alpha value is -1.42. The fourth-order valence-electron chi connectivity index (χ4n) is 1.92. The average molecular weight is 261 g/mol. The maximum atomic E-state index is 4.15. The van der Waals surface area contributed by atoms with E-state index in [2.05, 4.69) is 52.8 Å². The summed E-state index contributed by atoms with van der Waals surface area (Å²) in [6.45, 7) is 4.20. The summed E-state index contributed by atoms with van der Waals surface area (Å²) in [6.07, 6.45) is 3.55. The molecule has 1 atom stereocenters. The van der Waals surface area contributed by atoms with Gasteiger partial charge in [0.1, 0.15) is 5.01 Å². The molecule has 0 amide bonds. The van der Waals surface area contributed by atoms with Gasteiger partial charge in [-0.1, -0.05) is 61.4 Å². The fraction of sp³-hybridized carbons (Fsp3) is 0.429. The van der Waals surface area contributed by atoms with Crippen LogP contribution in [-0.4, -0.2) is 10.2 Å². The summed E-state index contributed by atoms with van der Waals surface area (Å²) in [5, 5.41) is 13.6. The predicted molar refractivity (Wildman–Crippen MR) is 77.0 cm³/mol. The lowest BCUT2D eigenvalue weighted by Gasteiger charge is -2.18. The van der Waals surface area contributed by atoms with Gasteiger partial charge in [-0.25, -0.2) is 0 Å².